The van der Waals surface area contributed by atoms with E-state index in [9.17, 15) is 44.6 Å². The third kappa shape index (κ3) is 7.30. The van der Waals surface area contributed by atoms with Crippen LogP contribution in [0.1, 0.15) is 22.3 Å². The van der Waals surface area contributed by atoms with Gasteiger partial charge in [-0.05, 0) is 58.7 Å². The Labute approximate surface area is 290 Å². The number of rotatable bonds is 8. The molecule has 3 N–H and O–H groups in total. The van der Waals surface area contributed by atoms with Crippen molar-refractivity contribution in [1.82, 2.24) is 0 Å². The first kappa shape index (κ1) is 35.2. The van der Waals surface area contributed by atoms with Gasteiger partial charge in [0.15, 0.2) is 17.4 Å². The van der Waals surface area contributed by atoms with Gasteiger partial charge >= 0.3 is 0 Å². The SMILES string of the molecule is CN(C)c1ccc(/C=C/c2ccc(/C=C/c3cc(S(=O)(=O)O)c(-c4c5cc(F)c(=O)cc-5oc5cc(O)c(F)cc45)c(S(=O)(=O)O)c3)cc2)cc1. The van der Waals surface area contributed by atoms with E-state index < -0.39 is 75.3 Å². The summed E-state index contributed by atoms with van der Waals surface area (Å²) in [7, 11) is -6.76. The van der Waals surface area contributed by atoms with Gasteiger partial charge < -0.3 is 14.4 Å². The molecule has 1 aliphatic carbocycles. The fraction of sp³-hybridized carbons (Fsp3) is 0.0541. The van der Waals surface area contributed by atoms with Crippen molar-refractivity contribution < 1.29 is 44.2 Å². The highest BCUT2D eigenvalue weighted by Crippen LogP contribution is 2.46. The Morgan fingerprint density at radius 1 is 0.647 bits per heavy atom. The van der Waals surface area contributed by atoms with Crippen molar-refractivity contribution in [2.24, 2.45) is 0 Å². The number of halogens is 2. The Hall–Kier alpha value is -5.67. The van der Waals surface area contributed by atoms with Gasteiger partial charge in [-0.1, -0.05) is 60.7 Å². The molecule has 6 rings (SSSR count). The summed E-state index contributed by atoms with van der Waals surface area (Å²) < 4.78 is 107. The van der Waals surface area contributed by atoms with Gasteiger partial charge in [0.2, 0.25) is 5.43 Å². The standard InChI is InChI=1S/C37H27F2NO9S2/c1-40(2)25-13-11-23(12-14-25)8-7-21-3-5-22(6-4-21)9-10-24-15-34(50(43,44)45)37(35(16-24)51(46,47)48)36-26-17-28(38)30(41)19-32(26)49-33-20-31(42)29(39)18-27(33)36/h3-20,41H,1-2H3,(H,43,44,45)(H,46,47,48)/b8-7+,10-9+. The highest BCUT2D eigenvalue weighted by Gasteiger charge is 2.32. The molecule has 0 saturated carbocycles. The summed E-state index contributed by atoms with van der Waals surface area (Å²) in [6, 6.07) is 19.7. The molecule has 0 saturated heterocycles. The predicted molar refractivity (Wildman–Crippen MR) is 191 cm³/mol. The van der Waals surface area contributed by atoms with Crippen molar-refractivity contribution in [3.63, 3.8) is 0 Å². The van der Waals surface area contributed by atoms with Crippen LogP contribution in [0.3, 0.4) is 0 Å². The minimum Gasteiger partial charge on any atom is -0.505 e. The molecule has 0 bridgehead atoms. The molecule has 0 amide bonds. The zero-order valence-corrected chi connectivity index (χ0v) is 28.3. The van der Waals surface area contributed by atoms with E-state index >= 15 is 0 Å². The number of phenols is 1. The van der Waals surface area contributed by atoms with Crippen LogP contribution < -0.4 is 10.3 Å². The molecule has 260 valence electrons. The van der Waals surface area contributed by atoms with E-state index in [1.165, 1.54) is 12.2 Å². The van der Waals surface area contributed by atoms with Gasteiger partial charge in [-0.3, -0.25) is 13.9 Å². The molecular weight excluding hydrogens is 705 g/mol. The first-order chi connectivity index (χ1) is 24.0. The summed E-state index contributed by atoms with van der Waals surface area (Å²) in [5.74, 6) is -3.91. The third-order valence-electron chi connectivity index (χ3n) is 8.02. The van der Waals surface area contributed by atoms with Crippen LogP contribution in [-0.4, -0.2) is 45.1 Å². The molecule has 0 aromatic heterocycles. The fourth-order valence-electron chi connectivity index (χ4n) is 5.52. The topological polar surface area (TPSA) is 162 Å². The van der Waals surface area contributed by atoms with Crippen molar-refractivity contribution in [2.45, 2.75) is 9.79 Å². The second-order valence-electron chi connectivity index (χ2n) is 11.7. The van der Waals surface area contributed by atoms with E-state index in [1.54, 1.807) is 12.1 Å². The van der Waals surface area contributed by atoms with Crippen molar-refractivity contribution in [3.8, 4) is 28.2 Å². The minimum atomic E-state index is -5.33. The molecule has 2 aliphatic rings. The maximum Gasteiger partial charge on any atom is 0.295 e. The monoisotopic (exact) mass is 731 g/mol. The smallest absolute Gasteiger partial charge is 0.295 e. The maximum absolute atomic E-state index is 14.7. The second kappa shape index (κ2) is 13.2. The van der Waals surface area contributed by atoms with Crippen LogP contribution in [-0.2, 0) is 20.2 Å². The van der Waals surface area contributed by atoms with Crippen LogP contribution in [0.5, 0.6) is 5.75 Å². The Morgan fingerprint density at radius 2 is 1.14 bits per heavy atom. The summed E-state index contributed by atoms with van der Waals surface area (Å²) in [5.41, 5.74) is 0.139. The van der Waals surface area contributed by atoms with E-state index in [0.29, 0.717) is 23.8 Å². The highest BCUT2D eigenvalue weighted by atomic mass is 32.2. The number of nitrogens with zero attached hydrogens (tertiary/aromatic N) is 1. The molecule has 1 aliphatic heterocycles. The van der Waals surface area contributed by atoms with E-state index in [-0.39, 0.29) is 16.5 Å². The van der Waals surface area contributed by atoms with E-state index in [2.05, 4.69) is 0 Å². The largest absolute Gasteiger partial charge is 0.505 e. The molecule has 10 nitrogen and oxygen atoms in total. The van der Waals surface area contributed by atoms with E-state index in [4.69, 9.17) is 4.42 Å². The quantitative estimate of drug-likeness (QED) is 0.0814. The lowest BCUT2D eigenvalue weighted by atomic mass is 9.92. The second-order valence-corrected chi connectivity index (χ2v) is 14.5. The normalized spacial score (nSPS) is 12.4. The van der Waals surface area contributed by atoms with Crippen LogP contribution in [0.15, 0.2) is 104 Å². The van der Waals surface area contributed by atoms with Gasteiger partial charge in [0.05, 0.1) is 0 Å². The molecule has 0 radical (unpaired) electrons. The lowest BCUT2D eigenvalue weighted by molar-refractivity contribution is 0.432. The van der Waals surface area contributed by atoms with Crippen molar-refractivity contribution in [3.05, 3.63) is 129 Å². The zero-order valence-electron chi connectivity index (χ0n) is 26.7. The number of anilines is 1. The van der Waals surface area contributed by atoms with Crippen LogP contribution in [0.4, 0.5) is 14.5 Å². The van der Waals surface area contributed by atoms with Crippen LogP contribution >= 0.6 is 0 Å². The van der Waals surface area contributed by atoms with Gasteiger partial charge in [-0.25, -0.2) is 8.78 Å². The predicted octanol–water partition coefficient (Wildman–Crippen LogP) is 7.45. The molecule has 0 atom stereocenters. The van der Waals surface area contributed by atoms with Gasteiger partial charge in [0.1, 0.15) is 21.1 Å². The summed E-state index contributed by atoms with van der Waals surface area (Å²) in [4.78, 5) is 12.0. The third-order valence-corrected chi connectivity index (χ3v) is 9.77. The Morgan fingerprint density at radius 3 is 1.63 bits per heavy atom. The molecular formula is C37H27F2NO9S2. The van der Waals surface area contributed by atoms with Gasteiger partial charge in [-0.2, -0.15) is 16.8 Å². The van der Waals surface area contributed by atoms with Gasteiger partial charge in [-0.15, -0.1) is 0 Å². The van der Waals surface area contributed by atoms with Crippen LogP contribution in [0.25, 0.3) is 57.7 Å². The number of hydrogen-bond donors (Lipinski definition) is 3. The van der Waals surface area contributed by atoms with Crippen molar-refractivity contribution in [1.29, 1.82) is 0 Å². The van der Waals surface area contributed by atoms with Gasteiger partial charge in [0, 0.05) is 54.0 Å². The molecule has 4 aromatic rings. The number of fused-ring (bicyclic) bond motifs is 2. The molecule has 14 heteroatoms. The van der Waals surface area contributed by atoms with E-state index in [1.807, 2.05) is 67.5 Å². The molecule has 51 heavy (non-hydrogen) atoms. The summed E-state index contributed by atoms with van der Waals surface area (Å²) in [6.07, 6.45) is 6.72. The number of benzene rings is 5. The molecule has 1 heterocycles. The Kier molecular flexibility index (Phi) is 9.12. The number of phenolic OH excluding ortho intramolecular Hbond substituents is 1. The Balaban J connectivity index is 1.48. The average molecular weight is 732 g/mol. The number of aromatic hydroxyl groups is 1. The summed E-state index contributed by atoms with van der Waals surface area (Å²) in [6.45, 7) is 0. The molecule has 4 aromatic carbocycles. The minimum absolute atomic E-state index is 0.102. The lowest BCUT2D eigenvalue weighted by Gasteiger charge is -2.20. The first-order valence-corrected chi connectivity index (χ1v) is 17.8. The number of hydrogen-bond acceptors (Lipinski definition) is 8. The van der Waals surface area contributed by atoms with Crippen LogP contribution in [0.2, 0.25) is 0 Å². The highest BCUT2D eigenvalue weighted by molar-refractivity contribution is 7.87. The molecule has 0 unspecified atom stereocenters. The lowest BCUT2D eigenvalue weighted by Crippen LogP contribution is -2.11. The Bertz CT molecular complexity index is 2600. The maximum atomic E-state index is 14.7. The van der Waals surface area contributed by atoms with E-state index in [0.717, 1.165) is 35.0 Å². The first-order valence-electron chi connectivity index (χ1n) is 15.0. The summed E-state index contributed by atoms with van der Waals surface area (Å²) in [5, 5.41) is 9.60. The summed E-state index contributed by atoms with van der Waals surface area (Å²) >= 11 is 0. The molecule has 0 fully saturated rings. The van der Waals surface area contributed by atoms with Crippen molar-refractivity contribution >= 4 is 61.2 Å². The molecule has 0 spiro atoms. The van der Waals surface area contributed by atoms with Gasteiger partial charge in [0.25, 0.3) is 20.2 Å². The fourth-order valence-corrected chi connectivity index (χ4v) is 7.09. The average Bonchev–Trinajstić information content (AvgIpc) is 3.06. The zero-order chi connectivity index (χ0) is 36.8. The van der Waals surface area contributed by atoms with Crippen LogP contribution in [0, 0.1) is 11.6 Å². The van der Waals surface area contributed by atoms with Crippen molar-refractivity contribution in [2.75, 3.05) is 19.0 Å².